The first kappa shape index (κ1) is 33.0. The van der Waals surface area contributed by atoms with Gasteiger partial charge in [-0.3, -0.25) is 14.1 Å². The Morgan fingerprint density at radius 2 is 1.16 bits per heavy atom. The van der Waals surface area contributed by atoms with Crippen LogP contribution in [0.15, 0.2) is 0 Å². The molecule has 0 aromatic heterocycles. The molecule has 9 heteroatoms. The van der Waals surface area contributed by atoms with E-state index in [1.807, 2.05) is 0 Å². The summed E-state index contributed by atoms with van der Waals surface area (Å²) in [6, 6.07) is 0. The van der Waals surface area contributed by atoms with Gasteiger partial charge in [0.1, 0.15) is 0 Å². The van der Waals surface area contributed by atoms with Crippen molar-refractivity contribution < 1.29 is 32.0 Å². The molecule has 0 saturated carbocycles. The number of carbonyl (C=O) groups excluding carboxylic acids is 2. The summed E-state index contributed by atoms with van der Waals surface area (Å²) < 4.78 is 42.3. The maximum Gasteiger partial charge on any atom is 0.327 e. The maximum absolute atomic E-state index is 12.0. The molecule has 0 heterocycles. The average molecular weight is 474 g/mol. The standard InChI is InChI=1S/C22H42O7S.Na/c1-18(2)13-9-5-7-11-15-28-21(23)17-20(30(25,26)27)22(24)29-16-12-8-6-10-14-19(3)4;/h18-20H,5-17H2,1-4H3,(H,25,26,27);. The van der Waals surface area contributed by atoms with E-state index < -0.39 is 33.7 Å². The van der Waals surface area contributed by atoms with Gasteiger partial charge in [-0.25, -0.2) is 0 Å². The van der Waals surface area contributed by atoms with Gasteiger partial charge in [0.05, 0.1) is 19.6 Å². The van der Waals surface area contributed by atoms with Crippen molar-refractivity contribution in [2.75, 3.05) is 13.2 Å². The SMILES string of the molecule is CC(C)CCCCCCOC(=O)CC(C(=O)OCCCCCCC(C)C)S(=O)(=O)O.[Na]. The maximum atomic E-state index is 12.0. The molecule has 0 spiro atoms. The molecule has 1 unspecified atom stereocenters. The largest absolute Gasteiger partial charge is 0.466 e. The summed E-state index contributed by atoms with van der Waals surface area (Å²) in [5.41, 5.74) is 0. The van der Waals surface area contributed by atoms with Crippen LogP contribution in [-0.2, 0) is 29.2 Å². The first-order valence-corrected chi connectivity index (χ1v) is 12.8. The molecule has 1 radical (unpaired) electrons. The number of carbonyl (C=O) groups is 2. The number of unbranched alkanes of at least 4 members (excludes halogenated alkanes) is 6. The Bertz CT molecular complexity index is 576. The van der Waals surface area contributed by atoms with E-state index in [-0.39, 0.29) is 42.8 Å². The van der Waals surface area contributed by atoms with E-state index in [4.69, 9.17) is 9.47 Å². The molecule has 0 aliphatic heterocycles. The quantitative estimate of drug-likeness (QED) is 0.135. The predicted molar refractivity (Wildman–Crippen MR) is 123 cm³/mol. The van der Waals surface area contributed by atoms with Crippen LogP contribution >= 0.6 is 0 Å². The first-order chi connectivity index (χ1) is 14.0. The van der Waals surface area contributed by atoms with Crippen LogP contribution in [-0.4, -0.2) is 72.9 Å². The molecule has 31 heavy (non-hydrogen) atoms. The fourth-order valence-corrected chi connectivity index (χ4v) is 3.65. The summed E-state index contributed by atoms with van der Waals surface area (Å²) in [5.74, 6) is -0.608. The third-order valence-corrected chi connectivity index (χ3v) is 5.91. The van der Waals surface area contributed by atoms with Crippen molar-refractivity contribution in [1.29, 1.82) is 0 Å². The second kappa shape index (κ2) is 19.3. The van der Waals surface area contributed by atoms with Crippen molar-refractivity contribution in [2.24, 2.45) is 11.8 Å². The molecule has 0 rings (SSSR count). The van der Waals surface area contributed by atoms with Crippen LogP contribution in [0.25, 0.3) is 0 Å². The van der Waals surface area contributed by atoms with E-state index in [1.165, 1.54) is 0 Å². The molecule has 1 atom stereocenters. The summed E-state index contributed by atoms with van der Waals surface area (Å²) in [5, 5.41) is -1.93. The Kier molecular flexibility index (Phi) is 20.6. The topological polar surface area (TPSA) is 107 Å². The fourth-order valence-electron chi connectivity index (χ4n) is 2.99. The molecule has 179 valence electrons. The second-order valence-electron chi connectivity index (χ2n) is 8.79. The van der Waals surface area contributed by atoms with Crippen LogP contribution < -0.4 is 0 Å². The molecule has 0 aliphatic rings. The number of hydrogen-bond acceptors (Lipinski definition) is 6. The van der Waals surface area contributed by atoms with Crippen molar-refractivity contribution in [3.63, 3.8) is 0 Å². The second-order valence-corrected chi connectivity index (χ2v) is 10.4. The molecule has 0 saturated heterocycles. The summed E-state index contributed by atoms with van der Waals surface area (Å²) in [7, 11) is -4.75. The van der Waals surface area contributed by atoms with E-state index >= 15 is 0 Å². The molecule has 0 fully saturated rings. The average Bonchev–Trinajstić information content (AvgIpc) is 2.62. The normalized spacial score (nSPS) is 12.5. The van der Waals surface area contributed by atoms with E-state index in [1.54, 1.807) is 0 Å². The molecule has 0 amide bonds. The van der Waals surface area contributed by atoms with Crippen molar-refractivity contribution in [3.8, 4) is 0 Å². The van der Waals surface area contributed by atoms with E-state index in [0.717, 1.165) is 51.4 Å². The summed E-state index contributed by atoms with van der Waals surface area (Å²) in [4.78, 5) is 23.9. The van der Waals surface area contributed by atoms with Gasteiger partial charge in [0.2, 0.25) is 0 Å². The number of hydrogen-bond donors (Lipinski definition) is 1. The minimum atomic E-state index is -4.75. The first-order valence-electron chi connectivity index (χ1n) is 11.3. The number of ether oxygens (including phenoxy) is 2. The zero-order valence-corrected chi connectivity index (χ0v) is 23.0. The van der Waals surface area contributed by atoms with Crippen LogP contribution in [0.4, 0.5) is 0 Å². The number of esters is 2. The van der Waals surface area contributed by atoms with Gasteiger partial charge in [0.25, 0.3) is 10.1 Å². The van der Waals surface area contributed by atoms with Crippen LogP contribution in [0.5, 0.6) is 0 Å². The van der Waals surface area contributed by atoms with Crippen molar-refractivity contribution in [1.82, 2.24) is 0 Å². The Morgan fingerprint density at radius 3 is 1.58 bits per heavy atom. The molecule has 0 aliphatic carbocycles. The van der Waals surface area contributed by atoms with Gasteiger partial charge in [-0.2, -0.15) is 8.42 Å². The molecular formula is C22H42NaO7S. The zero-order valence-electron chi connectivity index (χ0n) is 20.2. The monoisotopic (exact) mass is 473 g/mol. The Labute approximate surface area is 211 Å². The van der Waals surface area contributed by atoms with Crippen LogP contribution in [0.2, 0.25) is 0 Å². The zero-order chi connectivity index (χ0) is 23.0. The van der Waals surface area contributed by atoms with Gasteiger partial charge in [-0.1, -0.05) is 79.1 Å². The van der Waals surface area contributed by atoms with Crippen LogP contribution in [0, 0.1) is 11.8 Å². The molecular weight excluding hydrogens is 431 g/mol. The van der Waals surface area contributed by atoms with Crippen LogP contribution in [0.1, 0.15) is 98.3 Å². The van der Waals surface area contributed by atoms with Gasteiger partial charge >= 0.3 is 11.9 Å². The van der Waals surface area contributed by atoms with Gasteiger partial charge in [0, 0.05) is 29.6 Å². The van der Waals surface area contributed by atoms with Gasteiger partial charge in [-0.05, 0) is 24.7 Å². The minimum Gasteiger partial charge on any atom is -0.466 e. The number of rotatable bonds is 18. The molecule has 7 nitrogen and oxygen atoms in total. The van der Waals surface area contributed by atoms with Crippen molar-refractivity contribution in [2.45, 2.75) is 104 Å². The van der Waals surface area contributed by atoms with E-state index in [9.17, 15) is 22.6 Å². The molecule has 0 bridgehead atoms. The summed E-state index contributed by atoms with van der Waals surface area (Å²) >= 11 is 0. The van der Waals surface area contributed by atoms with Gasteiger partial charge in [0.15, 0.2) is 5.25 Å². The molecule has 1 N–H and O–H groups in total. The van der Waals surface area contributed by atoms with E-state index in [0.29, 0.717) is 24.7 Å². The predicted octanol–water partition coefficient (Wildman–Crippen LogP) is 4.55. The third kappa shape index (κ3) is 20.2. The van der Waals surface area contributed by atoms with Crippen molar-refractivity contribution >= 4 is 51.6 Å². The Morgan fingerprint density at radius 1 is 0.742 bits per heavy atom. The van der Waals surface area contributed by atoms with Crippen LogP contribution in [0.3, 0.4) is 0 Å². The third-order valence-electron chi connectivity index (χ3n) is 4.83. The summed E-state index contributed by atoms with van der Waals surface area (Å²) in [6.07, 6.45) is 8.94. The van der Waals surface area contributed by atoms with Gasteiger partial charge < -0.3 is 9.47 Å². The molecule has 0 aromatic carbocycles. The van der Waals surface area contributed by atoms with Gasteiger partial charge in [-0.15, -0.1) is 0 Å². The Balaban J connectivity index is 0. The Hall–Kier alpha value is -0.150. The molecule has 0 aromatic rings. The van der Waals surface area contributed by atoms with Crippen molar-refractivity contribution in [3.05, 3.63) is 0 Å². The minimum absolute atomic E-state index is 0. The van der Waals surface area contributed by atoms with E-state index in [2.05, 4.69) is 27.7 Å². The fraction of sp³-hybridized carbons (Fsp3) is 0.909. The summed E-state index contributed by atoms with van der Waals surface area (Å²) in [6.45, 7) is 8.91. The smallest absolute Gasteiger partial charge is 0.327 e.